The number of rotatable bonds is 3. The van der Waals surface area contributed by atoms with Gasteiger partial charge in [-0.15, -0.1) is 0 Å². The first-order chi connectivity index (χ1) is 12.1. The Labute approximate surface area is 144 Å². The number of carbonyl (C=O) groups is 1. The normalized spacial score (nSPS) is 10.9. The number of benzene rings is 3. The summed E-state index contributed by atoms with van der Waals surface area (Å²) in [6.07, 6.45) is 0. The van der Waals surface area contributed by atoms with Crippen molar-refractivity contribution in [3.8, 4) is 5.75 Å². The van der Waals surface area contributed by atoms with Crippen molar-refractivity contribution in [2.24, 2.45) is 0 Å². The van der Waals surface area contributed by atoms with Crippen molar-refractivity contribution < 1.29 is 9.90 Å². The Kier molecular flexibility index (Phi) is 3.54. The van der Waals surface area contributed by atoms with Crippen molar-refractivity contribution in [2.75, 3.05) is 5.32 Å². The molecular weight excluding hydrogens is 314 g/mol. The van der Waals surface area contributed by atoms with Crippen LogP contribution in [-0.4, -0.2) is 20.9 Å². The van der Waals surface area contributed by atoms with Crippen molar-refractivity contribution >= 4 is 39.2 Å². The van der Waals surface area contributed by atoms with Crippen molar-refractivity contribution in [1.82, 2.24) is 9.97 Å². The molecule has 0 radical (unpaired) electrons. The van der Waals surface area contributed by atoms with Crippen LogP contribution in [0, 0.1) is 0 Å². The van der Waals surface area contributed by atoms with E-state index >= 15 is 0 Å². The molecule has 25 heavy (non-hydrogen) atoms. The molecule has 3 aromatic carbocycles. The minimum atomic E-state index is -0.260. The van der Waals surface area contributed by atoms with E-state index in [1.807, 2.05) is 54.6 Å². The second-order valence-electron chi connectivity index (χ2n) is 5.77. The van der Waals surface area contributed by atoms with E-state index in [-0.39, 0.29) is 17.1 Å². The lowest BCUT2D eigenvalue weighted by atomic mass is 10.1. The molecule has 0 aliphatic carbocycles. The number of fused-ring (bicyclic) bond motifs is 2. The maximum absolute atomic E-state index is 12.2. The van der Waals surface area contributed by atoms with Crippen LogP contribution in [0.4, 0.5) is 11.4 Å². The Morgan fingerprint density at radius 2 is 1.56 bits per heavy atom. The summed E-state index contributed by atoms with van der Waals surface area (Å²) in [4.78, 5) is 21.3. The van der Waals surface area contributed by atoms with Gasteiger partial charge in [0.25, 0.3) is 0 Å². The van der Waals surface area contributed by atoms with E-state index in [2.05, 4.69) is 15.3 Å². The summed E-state index contributed by atoms with van der Waals surface area (Å²) in [6, 6.07) is 18.6. The SMILES string of the molecule is CC(=O)c1c(O)c(Nc2ccccc2)cc2nc3ccccc3nc12. The molecule has 0 fully saturated rings. The first kappa shape index (κ1) is 15.1. The van der Waals surface area contributed by atoms with Gasteiger partial charge in [-0.1, -0.05) is 30.3 Å². The van der Waals surface area contributed by atoms with Crippen molar-refractivity contribution in [1.29, 1.82) is 0 Å². The minimum absolute atomic E-state index is 0.117. The summed E-state index contributed by atoms with van der Waals surface area (Å²) in [5, 5.41) is 13.8. The van der Waals surface area contributed by atoms with E-state index in [4.69, 9.17) is 0 Å². The lowest BCUT2D eigenvalue weighted by Gasteiger charge is -2.13. The summed E-state index contributed by atoms with van der Waals surface area (Å²) in [5.74, 6) is -0.378. The van der Waals surface area contributed by atoms with E-state index in [1.165, 1.54) is 6.92 Å². The number of phenols is 1. The van der Waals surface area contributed by atoms with Crippen LogP contribution in [0.5, 0.6) is 5.75 Å². The molecule has 122 valence electrons. The van der Waals surface area contributed by atoms with Crippen LogP contribution in [0.1, 0.15) is 17.3 Å². The minimum Gasteiger partial charge on any atom is -0.505 e. The predicted molar refractivity (Wildman–Crippen MR) is 98.4 cm³/mol. The average molecular weight is 329 g/mol. The zero-order valence-corrected chi connectivity index (χ0v) is 13.5. The highest BCUT2D eigenvalue weighted by Crippen LogP contribution is 2.36. The van der Waals surface area contributed by atoms with Gasteiger partial charge >= 0.3 is 0 Å². The van der Waals surface area contributed by atoms with Gasteiger partial charge in [-0.05, 0) is 37.3 Å². The Morgan fingerprint density at radius 1 is 0.920 bits per heavy atom. The molecule has 4 rings (SSSR count). The van der Waals surface area contributed by atoms with Crippen LogP contribution in [0.15, 0.2) is 60.7 Å². The van der Waals surface area contributed by atoms with Crippen LogP contribution < -0.4 is 5.32 Å². The highest BCUT2D eigenvalue weighted by atomic mass is 16.3. The summed E-state index contributed by atoms with van der Waals surface area (Å²) in [7, 11) is 0. The fourth-order valence-corrected chi connectivity index (χ4v) is 2.86. The fraction of sp³-hybridized carbons (Fsp3) is 0.0500. The molecular formula is C20H15N3O2. The second-order valence-corrected chi connectivity index (χ2v) is 5.77. The maximum atomic E-state index is 12.2. The van der Waals surface area contributed by atoms with Gasteiger partial charge in [0.15, 0.2) is 11.5 Å². The van der Waals surface area contributed by atoms with Gasteiger partial charge in [0.05, 0.1) is 27.8 Å². The topological polar surface area (TPSA) is 75.1 Å². The lowest BCUT2D eigenvalue weighted by Crippen LogP contribution is -2.02. The zero-order valence-electron chi connectivity index (χ0n) is 13.5. The number of ketones is 1. The van der Waals surface area contributed by atoms with Crippen LogP contribution in [0.3, 0.4) is 0 Å². The van der Waals surface area contributed by atoms with Gasteiger partial charge in [0.2, 0.25) is 0 Å². The Morgan fingerprint density at radius 3 is 2.24 bits per heavy atom. The molecule has 0 saturated heterocycles. The smallest absolute Gasteiger partial charge is 0.165 e. The number of aromatic nitrogens is 2. The molecule has 5 nitrogen and oxygen atoms in total. The van der Waals surface area contributed by atoms with Crippen LogP contribution >= 0.6 is 0 Å². The van der Waals surface area contributed by atoms with Gasteiger partial charge in [-0.3, -0.25) is 4.79 Å². The predicted octanol–water partition coefficient (Wildman–Crippen LogP) is 4.43. The quantitative estimate of drug-likeness (QED) is 0.330. The zero-order chi connectivity index (χ0) is 17.4. The first-order valence-corrected chi connectivity index (χ1v) is 7.89. The summed E-state index contributed by atoms with van der Waals surface area (Å²) >= 11 is 0. The molecule has 0 aliphatic rings. The van der Waals surface area contributed by atoms with Gasteiger partial charge in [-0.2, -0.15) is 0 Å². The molecule has 1 heterocycles. The number of nitrogens with one attached hydrogen (secondary N) is 1. The fourth-order valence-electron chi connectivity index (χ4n) is 2.86. The number of nitrogens with zero attached hydrogens (tertiary/aromatic N) is 2. The Balaban J connectivity index is 1.99. The molecule has 1 aromatic heterocycles. The van der Waals surface area contributed by atoms with Crippen molar-refractivity contribution in [3.05, 3.63) is 66.2 Å². The summed E-state index contributed by atoms with van der Waals surface area (Å²) < 4.78 is 0. The Hall–Kier alpha value is -3.47. The summed E-state index contributed by atoms with van der Waals surface area (Å²) in [5.41, 5.74) is 3.78. The number of para-hydroxylation sites is 3. The molecule has 0 unspecified atom stereocenters. The Bertz CT molecular complexity index is 1110. The number of hydrogen-bond acceptors (Lipinski definition) is 5. The molecule has 0 atom stereocenters. The third-order valence-corrected chi connectivity index (χ3v) is 4.01. The number of carbonyl (C=O) groups excluding carboxylic acids is 1. The third kappa shape index (κ3) is 2.65. The molecule has 0 saturated carbocycles. The second kappa shape index (κ2) is 5.87. The van der Waals surface area contributed by atoms with Gasteiger partial charge in [-0.25, -0.2) is 9.97 Å². The van der Waals surface area contributed by atoms with E-state index in [1.54, 1.807) is 6.07 Å². The third-order valence-electron chi connectivity index (χ3n) is 4.01. The molecule has 5 heteroatoms. The van der Waals surface area contributed by atoms with E-state index in [0.29, 0.717) is 22.2 Å². The maximum Gasteiger partial charge on any atom is 0.165 e. The van der Waals surface area contributed by atoms with E-state index < -0.39 is 0 Å². The number of Topliss-reactive ketones (excluding diaryl/α,β-unsaturated/α-hetero) is 1. The van der Waals surface area contributed by atoms with Crippen LogP contribution in [0.2, 0.25) is 0 Å². The number of phenolic OH excluding ortho intramolecular Hbond substituents is 1. The molecule has 4 aromatic rings. The number of hydrogen-bond donors (Lipinski definition) is 2. The number of anilines is 2. The molecule has 0 amide bonds. The average Bonchev–Trinajstić information content (AvgIpc) is 2.61. The molecule has 0 bridgehead atoms. The van der Waals surface area contributed by atoms with Crippen molar-refractivity contribution in [2.45, 2.75) is 6.92 Å². The highest BCUT2D eigenvalue weighted by molar-refractivity contribution is 6.10. The first-order valence-electron chi connectivity index (χ1n) is 7.89. The standard InChI is InChI=1S/C20H15N3O2/c1-12(24)18-19-16(22-14-9-5-6-10-15(14)23-19)11-17(20(18)25)21-13-7-3-2-4-8-13/h2-11,21,25H,1H3. The van der Waals surface area contributed by atoms with E-state index in [9.17, 15) is 9.90 Å². The molecule has 2 N–H and O–H groups in total. The van der Waals surface area contributed by atoms with E-state index in [0.717, 1.165) is 11.2 Å². The van der Waals surface area contributed by atoms with Crippen molar-refractivity contribution in [3.63, 3.8) is 0 Å². The largest absolute Gasteiger partial charge is 0.505 e. The van der Waals surface area contributed by atoms with Gasteiger partial charge in [0.1, 0.15) is 5.52 Å². The molecule has 0 aliphatic heterocycles. The monoisotopic (exact) mass is 329 g/mol. The van der Waals surface area contributed by atoms with Crippen LogP contribution in [0.25, 0.3) is 22.1 Å². The highest BCUT2D eigenvalue weighted by Gasteiger charge is 2.19. The number of aromatic hydroxyl groups is 1. The molecule has 0 spiro atoms. The summed E-state index contributed by atoms with van der Waals surface area (Å²) in [6.45, 7) is 1.41. The lowest BCUT2D eigenvalue weighted by molar-refractivity contribution is 0.101. The van der Waals surface area contributed by atoms with Gasteiger partial charge in [0, 0.05) is 5.69 Å². The van der Waals surface area contributed by atoms with Crippen LogP contribution in [-0.2, 0) is 0 Å². The van der Waals surface area contributed by atoms with Gasteiger partial charge < -0.3 is 10.4 Å².